The molecule has 0 radical (unpaired) electrons. The minimum atomic E-state index is -0.0825. The number of amides is 2. The summed E-state index contributed by atoms with van der Waals surface area (Å²) in [6, 6.07) is 1.41. The lowest BCUT2D eigenvalue weighted by atomic mass is 10.00. The van der Waals surface area contributed by atoms with Gasteiger partial charge in [-0.15, -0.1) is 11.3 Å². The first-order valence-corrected chi connectivity index (χ1v) is 9.18. The fourth-order valence-corrected chi connectivity index (χ4v) is 4.03. The van der Waals surface area contributed by atoms with Crippen LogP contribution >= 0.6 is 11.3 Å². The highest BCUT2D eigenvalue weighted by Gasteiger charge is 2.33. The number of thiazole rings is 1. The number of carbonyl (C=O) groups excluding carboxylic acids is 2. The summed E-state index contributed by atoms with van der Waals surface area (Å²) in [5, 5.41) is 11.9. The lowest BCUT2D eigenvalue weighted by Crippen LogP contribution is -2.48. The standard InChI is InChI=1S/C16H24N4O2S/c1-9(2)15(22)20-16-19-13(8-23-16)7-14(21)18-12-5-10-3-4-11(6-12)17-10/h8-12,17H,3-7H2,1-2H3,(H,18,21)(H,19,20,22). The summed E-state index contributed by atoms with van der Waals surface area (Å²) >= 11 is 1.36. The van der Waals surface area contributed by atoms with E-state index in [1.54, 1.807) is 0 Å². The summed E-state index contributed by atoms with van der Waals surface area (Å²) in [6.45, 7) is 3.67. The number of carbonyl (C=O) groups is 2. The molecule has 3 rings (SSSR count). The van der Waals surface area contributed by atoms with E-state index in [1.807, 2.05) is 19.2 Å². The van der Waals surface area contributed by atoms with Crippen molar-refractivity contribution in [1.82, 2.24) is 15.6 Å². The molecule has 2 atom stereocenters. The molecule has 1 aromatic rings. The Kier molecular flexibility index (Phi) is 4.96. The van der Waals surface area contributed by atoms with Gasteiger partial charge < -0.3 is 16.0 Å². The van der Waals surface area contributed by atoms with Crippen molar-refractivity contribution < 1.29 is 9.59 Å². The smallest absolute Gasteiger partial charge is 0.228 e. The Balaban J connectivity index is 1.48. The van der Waals surface area contributed by atoms with Crippen molar-refractivity contribution >= 4 is 28.3 Å². The molecule has 0 aromatic carbocycles. The molecule has 7 heteroatoms. The average molecular weight is 336 g/mol. The predicted octanol–water partition coefficient (Wildman–Crippen LogP) is 1.68. The molecule has 2 fully saturated rings. The van der Waals surface area contributed by atoms with Gasteiger partial charge in [-0.1, -0.05) is 13.8 Å². The molecule has 2 amide bonds. The molecule has 2 unspecified atom stereocenters. The van der Waals surface area contributed by atoms with Gasteiger partial charge in [0.2, 0.25) is 11.8 Å². The summed E-state index contributed by atoms with van der Waals surface area (Å²) < 4.78 is 0. The van der Waals surface area contributed by atoms with Crippen LogP contribution in [0.2, 0.25) is 0 Å². The minimum absolute atomic E-state index is 0.0170. The maximum atomic E-state index is 12.2. The topological polar surface area (TPSA) is 83.1 Å². The van der Waals surface area contributed by atoms with Crippen LogP contribution in [0, 0.1) is 5.92 Å². The minimum Gasteiger partial charge on any atom is -0.353 e. The van der Waals surface area contributed by atoms with Crippen molar-refractivity contribution in [2.24, 2.45) is 5.92 Å². The van der Waals surface area contributed by atoms with E-state index in [4.69, 9.17) is 0 Å². The lowest BCUT2D eigenvalue weighted by Gasteiger charge is -2.29. The largest absolute Gasteiger partial charge is 0.353 e. The van der Waals surface area contributed by atoms with E-state index in [0.29, 0.717) is 22.9 Å². The van der Waals surface area contributed by atoms with E-state index in [9.17, 15) is 9.59 Å². The van der Waals surface area contributed by atoms with Crippen LogP contribution in [0.15, 0.2) is 5.38 Å². The number of piperidine rings is 1. The summed E-state index contributed by atoms with van der Waals surface area (Å²) in [4.78, 5) is 28.2. The zero-order valence-corrected chi connectivity index (χ0v) is 14.4. The Bertz CT molecular complexity index is 574. The van der Waals surface area contributed by atoms with Crippen molar-refractivity contribution in [2.45, 2.75) is 64.1 Å². The molecule has 2 bridgehead atoms. The fourth-order valence-electron chi connectivity index (χ4n) is 3.31. The summed E-state index contributed by atoms with van der Waals surface area (Å²) in [6.07, 6.45) is 4.77. The average Bonchev–Trinajstić information content (AvgIpc) is 3.05. The molecule has 0 saturated carbocycles. The van der Waals surface area contributed by atoms with Crippen LogP contribution < -0.4 is 16.0 Å². The molecule has 2 aliphatic rings. The van der Waals surface area contributed by atoms with E-state index in [1.165, 1.54) is 24.2 Å². The molecule has 2 aliphatic heterocycles. The SMILES string of the molecule is CC(C)C(=O)Nc1nc(CC(=O)NC2CC3CCC(C2)N3)cs1. The van der Waals surface area contributed by atoms with Crippen LogP contribution in [-0.2, 0) is 16.0 Å². The molecule has 0 aliphatic carbocycles. The van der Waals surface area contributed by atoms with Gasteiger partial charge in [0, 0.05) is 29.4 Å². The second-order valence-electron chi connectivity index (χ2n) is 6.84. The highest BCUT2D eigenvalue weighted by molar-refractivity contribution is 7.13. The van der Waals surface area contributed by atoms with Crippen LogP contribution in [-0.4, -0.2) is 34.9 Å². The van der Waals surface area contributed by atoms with Gasteiger partial charge in [-0.3, -0.25) is 9.59 Å². The van der Waals surface area contributed by atoms with Crippen LogP contribution in [0.4, 0.5) is 5.13 Å². The maximum absolute atomic E-state index is 12.2. The Hall–Kier alpha value is -1.47. The van der Waals surface area contributed by atoms with Gasteiger partial charge >= 0.3 is 0 Å². The van der Waals surface area contributed by atoms with Crippen molar-refractivity contribution in [3.05, 3.63) is 11.1 Å². The quantitative estimate of drug-likeness (QED) is 0.764. The van der Waals surface area contributed by atoms with E-state index >= 15 is 0 Å². The normalized spacial score (nSPS) is 26.3. The third-order valence-electron chi connectivity index (χ3n) is 4.49. The molecule has 3 heterocycles. The molecular formula is C16H24N4O2S. The first-order valence-electron chi connectivity index (χ1n) is 8.30. The van der Waals surface area contributed by atoms with Crippen LogP contribution in [0.3, 0.4) is 0 Å². The zero-order valence-electron chi connectivity index (χ0n) is 13.6. The monoisotopic (exact) mass is 336 g/mol. The van der Waals surface area contributed by atoms with Gasteiger partial charge in [-0.05, 0) is 25.7 Å². The maximum Gasteiger partial charge on any atom is 0.228 e. The molecule has 23 heavy (non-hydrogen) atoms. The van der Waals surface area contributed by atoms with Gasteiger partial charge in [-0.25, -0.2) is 4.98 Å². The molecule has 6 nitrogen and oxygen atoms in total. The van der Waals surface area contributed by atoms with Crippen molar-refractivity contribution in [2.75, 3.05) is 5.32 Å². The van der Waals surface area contributed by atoms with Gasteiger partial charge in [-0.2, -0.15) is 0 Å². The van der Waals surface area contributed by atoms with Crippen molar-refractivity contribution in [3.63, 3.8) is 0 Å². The van der Waals surface area contributed by atoms with E-state index in [-0.39, 0.29) is 30.2 Å². The Labute approximate surface area is 140 Å². The number of rotatable bonds is 5. The third kappa shape index (κ3) is 4.29. The Morgan fingerprint density at radius 3 is 2.70 bits per heavy atom. The number of nitrogens with zero attached hydrogens (tertiary/aromatic N) is 1. The zero-order chi connectivity index (χ0) is 16.4. The second-order valence-corrected chi connectivity index (χ2v) is 7.70. The molecule has 0 spiro atoms. The highest BCUT2D eigenvalue weighted by Crippen LogP contribution is 2.26. The van der Waals surface area contributed by atoms with E-state index in [2.05, 4.69) is 20.9 Å². The van der Waals surface area contributed by atoms with Gasteiger partial charge in [0.05, 0.1) is 12.1 Å². The Morgan fingerprint density at radius 1 is 1.35 bits per heavy atom. The molecule has 2 saturated heterocycles. The van der Waals surface area contributed by atoms with Gasteiger partial charge in [0.1, 0.15) is 0 Å². The van der Waals surface area contributed by atoms with Gasteiger partial charge in [0.15, 0.2) is 5.13 Å². The summed E-state index contributed by atoms with van der Waals surface area (Å²) in [7, 11) is 0. The number of hydrogen-bond acceptors (Lipinski definition) is 5. The number of nitrogens with one attached hydrogen (secondary N) is 3. The van der Waals surface area contributed by atoms with Crippen LogP contribution in [0.1, 0.15) is 45.2 Å². The number of aromatic nitrogens is 1. The number of fused-ring (bicyclic) bond motifs is 2. The Morgan fingerprint density at radius 2 is 2.04 bits per heavy atom. The second kappa shape index (κ2) is 6.97. The third-order valence-corrected chi connectivity index (χ3v) is 5.29. The molecular weight excluding hydrogens is 312 g/mol. The number of anilines is 1. The molecule has 1 aromatic heterocycles. The van der Waals surface area contributed by atoms with E-state index in [0.717, 1.165) is 12.8 Å². The first-order chi connectivity index (χ1) is 11.0. The van der Waals surface area contributed by atoms with E-state index < -0.39 is 0 Å². The first kappa shape index (κ1) is 16.4. The predicted molar refractivity (Wildman–Crippen MR) is 90.4 cm³/mol. The van der Waals surface area contributed by atoms with Crippen LogP contribution in [0.5, 0.6) is 0 Å². The van der Waals surface area contributed by atoms with Crippen molar-refractivity contribution in [1.29, 1.82) is 0 Å². The lowest BCUT2D eigenvalue weighted by molar-refractivity contribution is -0.121. The summed E-state index contributed by atoms with van der Waals surface area (Å²) in [5.74, 6) is -0.121. The summed E-state index contributed by atoms with van der Waals surface area (Å²) in [5.41, 5.74) is 0.712. The number of hydrogen-bond donors (Lipinski definition) is 3. The highest BCUT2D eigenvalue weighted by atomic mass is 32.1. The molecule has 126 valence electrons. The van der Waals surface area contributed by atoms with Gasteiger partial charge in [0.25, 0.3) is 0 Å². The van der Waals surface area contributed by atoms with Crippen LogP contribution in [0.25, 0.3) is 0 Å². The molecule has 3 N–H and O–H groups in total. The fraction of sp³-hybridized carbons (Fsp3) is 0.688. The van der Waals surface area contributed by atoms with Crippen molar-refractivity contribution in [3.8, 4) is 0 Å².